The van der Waals surface area contributed by atoms with E-state index in [-0.39, 0.29) is 5.75 Å². The molecule has 0 saturated heterocycles. The first-order valence-electron chi connectivity index (χ1n) is 9.74. The third kappa shape index (κ3) is 7.66. The van der Waals surface area contributed by atoms with Gasteiger partial charge in [0, 0.05) is 20.7 Å². The van der Waals surface area contributed by atoms with Gasteiger partial charge in [-0.15, -0.1) is 11.8 Å². The number of carboxylic acids is 1. The first-order valence-corrected chi connectivity index (χ1v) is 13.3. The summed E-state index contributed by atoms with van der Waals surface area (Å²) in [5, 5.41) is 8.75. The third-order valence-corrected chi connectivity index (χ3v) is 6.70. The van der Waals surface area contributed by atoms with Crippen LogP contribution in [0.1, 0.15) is 11.1 Å². The lowest BCUT2D eigenvalue weighted by molar-refractivity contribution is -0.139. The van der Waals surface area contributed by atoms with Crippen LogP contribution in [0.5, 0.6) is 11.5 Å². The van der Waals surface area contributed by atoms with Gasteiger partial charge in [-0.25, -0.2) is 4.79 Å². The van der Waals surface area contributed by atoms with Crippen molar-refractivity contribution in [3.63, 3.8) is 0 Å². The molecule has 0 aromatic heterocycles. The standard InChI is InChI=1S/C24H21BrO6S2/c1-33(28,29)31-22-10-6-5-9-20(22)19(17-7-3-2-4-8-17)13-14-32-23-12-11-18(15-21(23)25)30-16-24(26)27/h2-13,15H,14,16H2,1H3,(H,26,27)/b19-13-. The van der Waals surface area contributed by atoms with E-state index in [0.29, 0.717) is 17.1 Å². The second kappa shape index (κ2) is 11.4. The van der Waals surface area contributed by atoms with Crippen molar-refractivity contribution in [3.8, 4) is 11.5 Å². The normalized spacial score (nSPS) is 11.8. The summed E-state index contributed by atoms with van der Waals surface area (Å²) in [4.78, 5) is 11.6. The van der Waals surface area contributed by atoms with E-state index in [1.54, 1.807) is 36.0 Å². The van der Waals surface area contributed by atoms with Gasteiger partial charge in [0.1, 0.15) is 11.5 Å². The van der Waals surface area contributed by atoms with Crippen LogP contribution < -0.4 is 8.92 Å². The Labute approximate surface area is 205 Å². The number of ether oxygens (including phenoxy) is 1. The van der Waals surface area contributed by atoms with Gasteiger partial charge in [-0.05, 0) is 51.3 Å². The Balaban J connectivity index is 1.87. The number of hydrogen-bond donors (Lipinski definition) is 1. The minimum atomic E-state index is -3.69. The summed E-state index contributed by atoms with van der Waals surface area (Å²) in [6.45, 7) is -0.406. The number of hydrogen-bond acceptors (Lipinski definition) is 6. The Morgan fingerprint density at radius 1 is 1.06 bits per heavy atom. The van der Waals surface area contributed by atoms with E-state index < -0.39 is 22.7 Å². The molecule has 0 aliphatic rings. The summed E-state index contributed by atoms with van der Waals surface area (Å²) in [5.74, 6) is 0.274. The van der Waals surface area contributed by atoms with E-state index in [1.165, 1.54) is 0 Å². The van der Waals surface area contributed by atoms with Crippen molar-refractivity contribution >= 4 is 49.4 Å². The minimum Gasteiger partial charge on any atom is -0.482 e. The van der Waals surface area contributed by atoms with Gasteiger partial charge in [0.15, 0.2) is 6.61 Å². The minimum absolute atomic E-state index is 0.265. The maximum Gasteiger partial charge on any atom is 0.341 e. The average molecular weight is 549 g/mol. The number of benzene rings is 3. The summed E-state index contributed by atoms with van der Waals surface area (Å²) in [6, 6.07) is 22.0. The third-order valence-electron chi connectivity index (χ3n) is 4.30. The molecule has 172 valence electrons. The molecule has 33 heavy (non-hydrogen) atoms. The first-order chi connectivity index (χ1) is 15.7. The highest BCUT2D eigenvalue weighted by molar-refractivity contribution is 9.10. The molecule has 3 aromatic rings. The van der Waals surface area contributed by atoms with Gasteiger partial charge in [-0.2, -0.15) is 8.42 Å². The largest absolute Gasteiger partial charge is 0.482 e. The fourth-order valence-corrected chi connectivity index (χ4v) is 4.94. The topological polar surface area (TPSA) is 89.9 Å². The van der Waals surface area contributed by atoms with Crippen LogP contribution >= 0.6 is 27.7 Å². The van der Waals surface area contributed by atoms with Crippen molar-refractivity contribution in [1.29, 1.82) is 0 Å². The second-order valence-corrected chi connectivity index (χ2v) is 10.3. The Kier molecular flexibility index (Phi) is 8.60. The zero-order valence-corrected chi connectivity index (χ0v) is 20.8. The zero-order chi connectivity index (χ0) is 23.8. The van der Waals surface area contributed by atoms with Gasteiger partial charge >= 0.3 is 16.1 Å². The number of carboxylic acid groups (broad SMARTS) is 1. The summed E-state index contributed by atoms with van der Waals surface area (Å²) in [7, 11) is -3.69. The molecule has 0 saturated carbocycles. The highest BCUT2D eigenvalue weighted by atomic mass is 79.9. The zero-order valence-electron chi connectivity index (χ0n) is 17.6. The smallest absolute Gasteiger partial charge is 0.341 e. The molecule has 0 fully saturated rings. The lowest BCUT2D eigenvalue weighted by Crippen LogP contribution is -2.09. The Hall–Kier alpha value is -2.75. The summed E-state index contributed by atoms with van der Waals surface area (Å²) in [5.41, 5.74) is 2.45. The number of aliphatic carboxylic acids is 1. The van der Waals surface area contributed by atoms with Crippen molar-refractivity contribution in [3.05, 3.63) is 94.5 Å². The Morgan fingerprint density at radius 3 is 2.42 bits per heavy atom. The van der Waals surface area contributed by atoms with E-state index in [2.05, 4.69) is 15.9 Å². The predicted molar refractivity (Wildman–Crippen MR) is 133 cm³/mol. The van der Waals surface area contributed by atoms with Crippen molar-refractivity contribution in [2.75, 3.05) is 18.6 Å². The molecule has 6 nitrogen and oxygen atoms in total. The molecule has 3 aromatic carbocycles. The molecule has 3 rings (SSSR count). The van der Waals surface area contributed by atoms with Crippen molar-refractivity contribution in [2.45, 2.75) is 4.90 Å². The maximum absolute atomic E-state index is 11.8. The van der Waals surface area contributed by atoms with E-state index in [0.717, 1.165) is 26.8 Å². The van der Waals surface area contributed by atoms with Crippen molar-refractivity contribution in [1.82, 2.24) is 0 Å². The lowest BCUT2D eigenvalue weighted by atomic mass is 9.97. The van der Waals surface area contributed by atoms with Crippen LogP contribution in [-0.4, -0.2) is 38.1 Å². The van der Waals surface area contributed by atoms with E-state index in [1.807, 2.05) is 54.6 Å². The van der Waals surface area contributed by atoms with Gasteiger partial charge in [0.05, 0.1) is 6.26 Å². The molecule has 0 aliphatic carbocycles. The van der Waals surface area contributed by atoms with Crippen LogP contribution in [0.2, 0.25) is 0 Å². The molecule has 9 heteroatoms. The van der Waals surface area contributed by atoms with Gasteiger partial charge in [0.25, 0.3) is 0 Å². The fraction of sp³-hybridized carbons (Fsp3) is 0.125. The number of halogens is 1. The molecule has 0 atom stereocenters. The highest BCUT2D eigenvalue weighted by Gasteiger charge is 2.14. The summed E-state index contributed by atoms with van der Waals surface area (Å²) >= 11 is 5.06. The second-order valence-electron chi connectivity index (χ2n) is 6.85. The molecule has 0 amide bonds. The van der Waals surface area contributed by atoms with Crippen LogP contribution in [0.4, 0.5) is 0 Å². The molecular weight excluding hydrogens is 528 g/mol. The predicted octanol–water partition coefficient (Wildman–Crippen LogP) is 5.47. The van der Waals surface area contributed by atoms with Crippen LogP contribution in [0, 0.1) is 0 Å². The molecule has 0 bridgehead atoms. The van der Waals surface area contributed by atoms with Crippen LogP contribution in [0.15, 0.2) is 88.2 Å². The molecule has 1 N–H and O–H groups in total. The van der Waals surface area contributed by atoms with Gasteiger partial charge in [-0.1, -0.05) is 54.6 Å². The summed E-state index contributed by atoms with van der Waals surface area (Å²) in [6.07, 6.45) is 3.04. The lowest BCUT2D eigenvalue weighted by Gasteiger charge is -2.14. The molecule has 0 aliphatic heterocycles. The average Bonchev–Trinajstić information content (AvgIpc) is 2.77. The molecule has 0 spiro atoms. The quantitative estimate of drug-likeness (QED) is 0.265. The van der Waals surface area contributed by atoms with Crippen LogP contribution in [-0.2, 0) is 14.9 Å². The maximum atomic E-state index is 11.8. The molecule has 0 radical (unpaired) electrons. The molecule has 0 unspecified atom stereocenters. The highest BCUT2D eigenvalue weighted by Crippen LogP contribution is 2.35. The number of carbonyl (C=O) groups is 1. The molecule has 0 heterocycles. The Bertz CT molecular complexity index is 1260. The number of para-hydroxylation sites is 1. The van der Waals surface area contributed by atoms with E-state index in [9.17, 15) is 13.2 Å². The summed E-state index contributed by atoms with van der Waals surface area (Å²) < 4.78 is 34.7. The Morgan fingerprint density at radius 2 is 1.76 bits per heavy atom. The first kappa shape index (κ1) is 24.9. The molecular formula is C24H21BrO6S2. The van der Waals surface area contributed by atoms with E-state index in [4.69, 9.17) is 14.0 Å². The number of thioether (sulfide) groups is 1. The SMILES string of the molecule is CS(=O)(=O)Oc1ccccc1/C(=C\CSc1ccc(OCC(=O)O)cc1Br)c1ccccc1. The van der Waals surface area contributed by atoms with Crippen LogP contribution in [0.3, 0.4) is 0 Å². The number of rotatable bonds is 10. The van der Waals surface area contributed by atoms with Crippen LogP contribution in [0.25, 0.3) is 5.57 Å². The fourth-order valence-electron chi connectivity index (χ4n) is 2.97. The van der Waals surface area contributed by atoms with Gasteiger partial charge < -0.3 is 14.0 Å². The monoisotopic (exact) mass is 548 g/mol. The van der Waals surface area contributed by atoms with Gasteiger partial charge in [-0.3, -0.25) is 0 Å². The van der Waals surface area contributed by atoms with Gasteiger partial charge in [0.2, 0.25) is 0 Å². The van der Waals surface area contributed by atoms with Crippen molar-refractivity contribution < 1.29 is 27.2 Å². The van der Waals surface area contributed by atoms with E-state index >= 15 is 0 Å². The van der Waals surface area contributed by atoms with Crippen molar-refractivity contribution in [2.24, 2.45) is 0 Å².